The normalized spacial score (nSPS) is 16.7. The van der Waals surface area contributed by atoms with Gasteiger partial charge in [-0.1, -0.05) is 0 Å². The van der Waals surface area contributed by atoms with Crippen LogP contribution < -0.4 is 9.47 Å². The lowest BCUT2D eigenvalue weighted by molar-refractivity contribution is 0.174. The molecule has 0 spiro atoms. The smallest absolute Gasteiger partial charge is 0.231 e. The summed E-state index contributed by atoms with van der Waals surface area (Å²) < 4.78 is 16.2. The number of rotatable bonds is 1. The van der Waals surface area contributed by atoms with Crippen molar-refractivity contribution in [2.75, 3.05) is 19.9 Å². The molecule has 0 bridgehead atoms. The van der Waals surface area contributed by atoms with E-state index in [-0.39, 0.29) is 0 Å². The van der Waals surface area contributed by atoms with Gasteiger partial charge in [-0.3, -0.25) is 4.99 Å². The number of hydrogen-bond acceptors (Lipinski definition) is 4. The van der Waals surface area contributed by atoms with Crippen LogP contribution in [0.3, 0.4) is 0 Å². The van der Waals surface area contributed by atoms with E-state index in [4.69, 9.17) is 14.2 Å². The molecule has 2 aliphatic rings. The fourth-order valence-electron chi connectivity index (χ4n) is 2.01. The molecule has 0 amide bonds. The van der Waals surface area contributed by atoms with Crippen molar-refractivity contribution in [2.24, 2.45) is 4.99 Å². The van der Waals surface area contributed by atoms with Gasteiger partial charge in [-0.15, -0.1) is 0 Å². The fraction of sp³-hybridized carbons (Fsp3) is 0.417. The van der Waals surface area contributed by atoms with Gasteiger partial charge in [0.25, 0.3) is 0 Å². The quantitative estimate of drug-likeness (QED) is 0.722. The average Bonchev–Trinajstić information content (AvgIpc) is 2.74. The molecule has 0 unspecified atom stereocenters. The number of hydrogen-bond donors (Lipinski definition) is 0. The molecule has 0 radical (unpaired) electrons. The van der Waals surface area contributed by atoms with Crippen molar-refractivity contribution in [3.63, 3.8) is 0 Å². The molecule has 1 aromatic rings. The maximum atomic E-state index is 5.52. The summed E-state index contributed by atoms with van der Waals surface area (Å²) in [5.74, 6) is 2.34. The highest BCUT2D eigenvalue weighted by molar-refractivity contribution is 5.97. The first-order valence-electron chi connectivity index (χ1n) is 5.48. The van der Waals surface area contributed by atoms with E-state index in [2.05, 4.69) is 4.99 Å². The summed E-state index contributed by atoms with van der Waals surface area (Å²) in [5.41, 5.74) is 2.26. The minimum absolute atomic E-state index is 0.305. The summed E-state index contributed by atoms with van der Waals surface area (Å²) in [6, 6.07) is 4.00. The van der Waals surface area contributed by atoms with Crippen molar-refractivity contribution in [2.45, 2.75) is 13.3 Å². The Balaban J connectivity index is 2.05. The monoisotopic (exact) mass is 219 g/mol. The number of nitrogens with zero attached hydrogens (tertiary/aromatic N) is 1. The molecule has 84 valence electrons. The molecule has 0 atom stereocenters. The molecule has 16 heavy (non-hydrogen) atoms. The average molecular weight is 219 g/mol. The van der Waals surface area contributed by atoms with E-state index in [1.807, 2.05) is 19.1 Å². The predicted molar refractivity (Wildman–Crippen MR) is 59.3 cm³/mol. The highest BCUT2D eigenvalue weighted by atomic mass is 16.7. The maximum absolute atomic E-state index is 5.52. The van der Waals surface area contributed by atoms with Crippen LogP contribution in [0.1, 0.15) is 18.1 Å². The Morgan fingerprint density at radius 1 is 1.31 bits per heavy atom. The molecule has 2 heterocycles. The van der Waals surface area contributed by atoms with Crippen LogP contribution in [0, 0.1) is 0 Å². The van der Waals surface area contributed by atoms with Crippen molar-refractivity contribution >= 4 is 5.90 Å². The number of fused-ring (bicyclic) bond motifs is 2. The van der Waals surface area contributed by atoms with Crippen LogP contribution in [0.5, 0.6) is 11.5 Å². The van der Waals surface area contributed by atoms with Crippen LogP contribution in [0.4, 0.5) is 0 Å². The minimum atomic E-state index is 0.305. The third kappa shape index (κ3) is 1.41. The summed E-state index contributed by atoms with van der Waals surface area (Å²) in [4.78, 5) is 4.38. The van der Waals surface area contributed by atoms with E-state index < -0.39 is 0 Å². The molecule has 0 N–H and O–H groups in total. The Labute approximate surface area is 93.8 Å². The number of benzene rings is 1. The molecular weight excluding hydrogens is 206 g/mol. The third-order valence-electron chi connectivity index (χ3n) is 2.75. The van der Waals surface area contributed by atoms with Gasteiger partial charge in [-0.05, 0) is 31.0 Å². The zero-order valence-corrected chi connectivity index (χ0v) is 9.16. The summed E-state index contributed by atoms with van der Waals surface area (Å²) in [6.07, 6.45) is 0.933. The second-order valence-electron chi connectivity index (χ2n) is 3.73. The highest BCUT2D eigenvalue weighted by Gasteiger charge is 2.22. The Morgan fingerprint density at radius 3 is 2.94 bits per heavy atom. The van der Waals surface area contributed by atoms with Gasteiger partial charge in [0, 0.05) is 12.1 Å². The molecule has 4 nitrogen and oxygen atoms in total. The minimum Gasteiger partial charge on any atom is -0.478 e. The molecule has 0 aliphatic carbocycles. The summed E-state index contributed by atoms with van der Waals surface area (Å²) in [7, 11) is 0. The van der Waals surface area contributed by atoms with Crippen LogP contribution in [0.15, 0.2) is 17.1 Å². The second kappa shape index (κ2) is 3.70. The molecule has 0 saturated heterocycles. The second-order valence-corrected chi connectivity index (χ2v) is 3.73. The molecule has 0 aromatic heterocycles. The molecule has 3 rings (SSSR count). The van der Waals surface area contributed by atoms with Gasteiger partial charge in [0.2, 0.25) is 12.7 Å². The summed E-state index contributed by atoms with van der Waals surface area (Å²) >= 11 is 0. The first-order valence-corrected chi connectivity index (χ1v) is 5.48. The molecular formula is C12H13NO3. The molecule has 1 aromatic carbocycles. The van der Waals surface area contributed by atoms with Crippen molar-refractivity contribution in [3.05, 3.63) is 23.3 Å². The van der Waals surface area contributed by atoms with E-state index in [9.17, 15) is 0 Å². The molecule has 0 saturated carbocycles. The Kier molecular flexibility index (Phi) is 2.20. The van der Waals surface area contributed by atoms with Gasteiger partial charge >= 0.3 is 0 Å². The topological polar surface area (TPSA) is 40.0 Å². The van der Waals surface area contributed by atoms with Crippen LogP contribution in [0.2, 0.25) is 0 Å². The first-order chi connectivity index (χ1) is 7.88. The van der Waals surface area contributed by atoms with E-state index in [0.29, 0.717) is 13.4 Å². The summed E-state index contributed by atoms with van der Waals surface area (Å²) in [6.45, 7) is 3.68. The Hall–Kier alpha value is -1.71. The Morgan fingerprint density at radius 2 is 2.12 bits per heavy atom. The van der Waals surface area contributed by atoms with Gasteiger partial charge in [-0.2, -0.15) is 0 Å². The lowest BCUT2D eigenvalue weighted by Gasteiger charge is -2.17. The van der Waals surface area contributed by atoms with Crippen LogP contribution in [0.25, 0.3) is 0 Å². The van der Waals surface area contributed by atoms with Gasteiger partial charge in [0.05, 0.1) is 6.61 Å². The summed E-state index contributed by atoms with van der Waals surface area (Å²) in [5, 5.41) is 0. The number of aliphatic imine (C=N–C) groups is 1. The number of ether oxygens (including phenoxy) is 3. The van der Waals surface area contributed by atoms with Crippen molar-refractivity contribution in [3.8, 4) is 11.5 Å². The van der Waals surface area contributed by atoms with Crippen LogP contribution in [-0.4, -0.2) is 25.8 Å². The van der Waals surface area contributed by atoms with E-state index >= 15 is 0 Å². The third-order valence-corrected chi connectivity index (χ3v) is 2.75. The predicted octanol–water partition coefficient (Wildman–Crippen LogP) is 1.75. The van der Waals surface area contributed by atoms with Crippen LogP contribution >= 0.6 is 0 Å². The molecule has 4 heteroatoms. The Bertz CT molecular complexity index is 454. The van der Waals surface area contributed by atoms with Crippen molar-refractivity contribution in [1.82, 2.24) is 0 Å². The standard InChI is InChI=1S/C12H13NO3/c1-2-14-12-9-6-11-10(15-7-16-11)5-8(9)3-4-13-12/h5-6H,2-4,7H2,1H3. The maximum Gasteiger partial charge on any atom is 0.231 e. The van der Waals surface area contributed by atoms with Gasteiger partial charge in [0.15, 0.2) is 11.5 Å². The van der Waals surface area contributed by atoms with E-state index in [1.54, 1.807) is 0 Å². The zero-order valence-electron chi connectivity index (χ0n) is 9.16. The van der Waals surface area contributed by atoms with Gasteiger partial charge in [-0.25, -0.2) is 0 Å². The highest BCUT2D eigenvalue weighted by Crippen LogP contribution is 2.36. The molecule has 2 aliphatic heterocycles. The van der Waals surface area contributed by atoms with E-state index in [0.717, 1.165) is 35.9 Å². The lowest BCUT2D eigenvalue weighted by Crippen LogP contribution is -2.15. The van der Waals surface area contributed by atoms with Gasteiger partial charge < -0.3 is 14.2 Å². The first kappa shape index (κ1) is 9.51. The largest absolute Gasteiger partial charge is 0.478 e. The zero-order chi connectivity index (χ0) is 11.0. The lowest BCUT2D eigenvalue weighted by atomic mass is 10.0. The SMILES string of the molecule is CCOC1=NCCc2cc3c(cc21)OCO3. The van der Waals surface area contributed by atoms with Gasteiger partial charge in [0.1, 0.15) is 0 Å². The van der Waals surface area contributed by atoms with E-state index in [1.165, 1.54) is 5.56 Å². The fourth-order valence-corrected chi connectivity index (χ4v) is 2.01. The van der Waals surface area contributed by atoms with Crippen LogP contribution in [-0.2, 0) is 11.2 Å². The molecule has 0 fully saturated rings. The van der Waals surface area contributed by atoms with Crippen molar-refractivity contribution in [1.29, 1.82) is 0 Å². The van der Waals surface area contributed by atoms with Crippen molar-refractivity contribution < 1.29 is 14.2 Å².